The second-order valence-corrected chi connectivity index (χ2v) is 12.8. The first-order valence-corrected chi connectivity index (χ1v) is 17.1. The molecule has 0 nitrogen and oxygen atoms in total. The molecule has 0 aliphatic rings. The van der Waals surface area contributed by atoms with E-state index < -0.39 is 0 Å². The van der Waals surface area contributed by atoms with E-state index in [1.165, 1.54) is 88.0 Å². The van der Waals surface area contributed by atoms with Gasteiger partial charge in [0.05, 0.1) is 0 Å². The van der Waals surface area contributed by atoms with Crippen LogP contribution in [0.15, 0.2) is 194 Å². The Balaban J connectivity index is 1.28. The molecule has 0 heteroatoms. The van der Waals surface area contributed by atoms with Gasteiger partial charge < -0.3 is 0 Å². The summed E-state index contributed by atoms with van der Waals surface area (Å²) in [5.41, 5.74) is 12.7. The molecule has 49 heavy (non-hydrogen) atoms. The van der Waals surface area contributed by atoms with Crippen LogP contribution < -0.4 is 0 Å². The van der Waals surface area contributed by atoms with E-state index in [9.17, 15) is 0 Å². The van der Waals surface area contributed by atoms with Crippen molar-refractivity contribution in [3.8, 4) is 44.5 Å². The van der Waals surface area contributed by atoms with Gasteiger partial charge in [-0.25, -0.2) is 0 Å². The van der Waals surface area contributed by atoms with Crippen LogP contribution in [-0.4, -0.2) is 0 Å². The van der Waals surface area contributed by atoms with Crippen molar-refractivity contribution >= 4 is 32.3 Å². The number of rotatable bonds is 6. The summed E-state index contributed by atoms with van der Waals surface area (Å²) in [5, 5.41) is 7.68. The van der Waals surface area contributed by atoms with Crippen molar-refractivity contribution in [1.29, 1.82) is 0 Å². The van der Waals surface area contributed by atoms with Crippen LogP contribution in [0.3, 0.4) is 0 Å². The van der Waals surface area contributed by atoms with Gasteiger partial charge in [-0.2, -0.15) is 0 Å². The third kappa shape index (κ3) is 5.29. The Morgan fingerprint density at radius 1 is 0.286 bits per heavy atom. The predicted octanol–water partition coefficient (Wildman–Crippen LogP) is 13.4. The molecule has 0 unspecified atom stereocenters. The van der Waals surface area contributed by atoms with Crippen LogP contribution >= 0.6 is 0 Å². The fourth-order valence-corrected chi connectivity index (χ4v) is 7.65. The quantitative estimate of drug-likeness (QED) is 0.162. The Labute approximate surface area is 287 Å². The maximum Gasteiger partial charge on any atom is -0.000728 e. The summed E-state index contributed by atoms with van der Waals surface area (Å²) in [6, 6.07) is 71.0. The monoisotopic (exact) mass is 622 g/mol. The Morgan fingerprint density at radius 3 is 1.51 bits per heavy atom. The van der Waals surface area contributed by atoms with Gasteiger partial charge >= 0.3 is 0 Å². The molecule has 0 amide bonds. The van der Waals surface area contributed by atoms with Gasteiger partial charge in [0.2, 0.25) is 0 Å². The number of fused-ring (bicyclic) bond motifs is 3. The molecule has 9 aromatic rings. The predicted molar refractivity (Wildman–Crippen MR) is 210 cm³/mol. The smallest absolute Gasteiger partial charge is 0.000728 e. The van der Waals surface area contributed by atoms with Crippen molar-refractivity contribution in [1.82, 2.24) is 0 Å². The topological polar surface area (TPSA) is 0 Å². The van der Waals surface area contributed by atoms with Crippen molar-refractivity contribution in [3.05, 3.63) is 205 Å². The lowest BCUT2D eigenvalue weighted by Crippen LogP contribution is -1.97. The average molecular weight is 623 g/mol. The zero-order valence-corrected chi connectivity index (χ0v) is 27.2. The van der Waals surface area contributed by atoms with Gasteiger partial charge in [0.1, 0.15) is 0 Å². The lowest BCUT2D eigenvalue weighted by Gasteiger charge is -2.20. The van der Waals surface area contributed by atoms with E-state index in [0.717, 1.165) is 6.42 Å². The summed E-state index contributed by atoms with van der Waals surface area (Å²) >= 11 is 0. The minimum Gasteiger partial charge on any atom is -0.0622 e. The fourth-order valence-electron chi connectivity index (χ4n) is 7.65. The van der Waals surface area contributed by atoms with Gasteiger partial charge in [-0.1, -0.05) is 182 Å². The average Bonchev–Trinajstić information content (AvgIpc) is 3.18. The second-order valence-electron chi connectivity index (χ2n) is 12.8. The molecule has 0 aromatic heterocycles. The van der Waals surface area contributed by atoms with Crippen LogP contribution in [-0.2, 0) is 6.42 Å². The molecule has 0 saturated heterocycles. The first-order valence-electron chi connectivity index (χ1n) is 17.1. The molecule has 0 saturated carbocycles. The van der Waals surface area contributed by atoms with Crippen LogP contribution in [0.5, 0.6) is 0 Å². The molecule has 230 valence electrons. The normalized spacial score (nSPS) is 11.3. The van der Waals surface area contributed by atoms with Crippen LogP contribution in [0.25, 0.3) is 76.8 Å². The van der Waals surface area contributed by atoms with Gasteiger partial charge in [-0.3, -0.25) is 0 Å². The van der Waals surface area contributed by atoms with Gasteiger partial charge in [-0.05, 0) is 107 Å². The second kappa shape index (κ2) is 12.4. The Morgan fingerprint density at radius 2 is 0.816 bits per heavy atom. The van der Waals surface area contributed by atoms with Crippen LogP contribution in [0, 0.1) is 0 Å². The molecule has 0 bridgehead atoms. The van der Waals surface area contributed by atoms with Gasteiger partial charge in [-0.15, -0.1) is 0 Å². The summed E-state index contributed by atoms with van der Waals surface area (Å²) in [4.78, 5) is 0. The lowest BCUT2D eigenvalue weighted by atomic mass is 9.83. The molecule has 0 N–H and O–H groups in total. The minimum absolute atomic E-state index is 0.849. The standard InChI is InChI=1S/C49H34/c1-3-16-35(17-4-1)41-22-10-9-21-38(41)32-48-43-23-11-13-25-45(43)49(46-26-14-12-24-44(46)48)40-29-30-42(36-18-5-2-6-19-36)47(33-40)39-28-27-34-15-7-8-20-37(34)31-39/h1-31,33H,32H2. The highest BCUT2D eigenvalue weighted by Gasteiger charge is 2.18. The van der Waals surface area contributed by atoms with E-state index in [1.54, 1.807) is 0 Å². The Bertz CT molecular complexity index is 2550. The molecule has 0 spiro atoms. The molecule has 0 aliphatic heterocycles. The van der Waals surface area contributed by atoms with Crippen LogP contribution in [0.2, 0.25) is 0 Å². The number of hydrogen-bond donors (Lipinski definition) is 0. The molecule has 0 fully saturated rings. The fraction of sp³-hybridized carbons (Fsp3) is 0.0204. The largest absolute Gasteiger partial charge is 0.0622 e. The third-order valence-electron chi connectivity index (χ3n) is 9.97. The SMILES string of the molecule is c1ccc(-c2ccccc2Cc2c3ccccc3c(-c3ccc(-c4ccccc4)c(-c4ccc5ccccc5c4)c3)c3ccccc23)cc1. The van der Waals surface area contributed by atoms with Crippen LogP contribution in [0.4, 0.5) is 0 Å². The Hall–Kier alpha value is -6.24. The minimum atomic E-state index is 0.849. The molecule has 0 aliphatic carbocycles. The molecule has 0 atom stereocenters. The van der Waals surface area contributed by atoms with E-state index in [-0.39, 0.29) is 0 Å². The summed E-state index contributed by atoms with van der Waals surface area (Å²) in [6.45, 7) is 0. The van der Waals surface area contributed by atoms with Crippen molar-refractivity contribution in [2.45, 2.75) is 6.42 Å². The summed E-state index contributed by atoms with van der Waals surface area (Å²) in [7, 11) is 0. The van der Waals surface area contributed by atoms with Gasteiger partial charge in [0.15, 0.2) is 0 Å². The zero-order valence-electron chi connectivity index (χ0n) is 27.2. The molecule has 0 heterocycles. The van der Waals surface area contributed by atoms with Crippen molar-refractivity contribution < 1.29 is 0 Å². The summed E-state index contributed by atoms with van der Waals surface area (Å²) in [5.74, 6) is 0. The molecular weight excluding hydrogens is 589 g/mol. The molecule has 9 rings (SSSR count). The lowest BCUT2D eigenvalue weighted by molar-refractivity contribution is 1.23. The highest BCUT2D eigenvalue weighted by atomic mass is 14.2. The highest BCUT2D eigenvalue weighted by Crippen LogP contribution is 2.44. The van der Waals surface area contributed by atoms with E-state index in [2.05, 4.69) is 194 Å². The van der Waals surface area contributed by atoms with Crippen molar-refractivity contribution in [3.63, 3.8) is 0 Å². The van der Waals surface area contributed by atoms with Crippen molar-refractivity contribution in [2.24, 2.45) is 0 Å². The van der Waals surface area contributed by atoms with E-state index in [4.69, 9.17) is 0 Å². The number of hydrogen-bond acceptors (Lipinski definition) is 0. The molecule has 9 aromatic carbocycles. The summed E-state index contributed by atoms with van der Waals surface area (Å²) in [6.07, 6.45) is 0.849. The molecular formula is C49H34. The highest BCUT2D eigenvalue weighted by molar-refractivity contribution is 6.15. The van der Waals surface area contributed by atoms with Gasteiger partial charge in [0, 0.05) is 0 Å². The van der Waals surface area contributed by atoms with E-state index in [0.29, 0.717) is 0 Å². The van der Waals surface area contributed by atoms with E-state index >= 15 is 0 Å². The molecule has 0 radical (unpaired) electrons. The van der Waals surface area contributed by atoms with Gasteiger partial charge in [0.25, 0.3) is 0 Å². The maximum absolute atomic E-state index is 2.42. The van der Waals surface area contributed by atoms with E-state index in [1.807, 2.05) is 0 Å². The van der Waals surface area contributed by atoms with Crippen LogP contribution in [0.1, 0.15) is 11.1 Å². The maximum atomic E-state index is 2.42. The first-order chi connectivity index (χ1) is 24.3. The third-order valence-corrected chi connectivity index (χ3v) is 9.97. The summed E-state index contributed by atoms with van der Waals surface area (Å²) < 4.78 is 0. The number of benzene rings is 9. The zero-order chi connectivity index (χ0) is 32.6. The van der Waals surface area contributed by atoms with Crippen molar-refractivity contribution in [2.75, 3.05) is 0 Å². The Kier molecular flexibility index (Phi) is 7.33. The first kappa shape index (κ1) is 28.9.